The SMILES string of the molecule is CNC(=O)CCCNC(=O)C(CC(=O)O)NC(=O)OCC1c2ccccc2-c2ccccc21. The zero-order valence-corrected chi connectivity index (χ0v) is 18.3. The molecule has 0 aromatic heterocycles. The first-order valence-electron chi connectivity index (χ1n) is 10.7. The molecular formula is C24H27N3O6. The summed E-state index contributed by atoms with van der Waals surface area (Å²) in [5, 5.41) is 16.5. The van der Waals surface area contributed by atoms with Crippen molar-refractivity contribution in [3.05, 3.63) is 59.7 Å². The van der Waals surface area contributed by atoms with Gasteiger partial charge in [-0.15, -0.1) is 0 Å². The molecule has 0 saturated carbocycles. The van der Waals surface area contributed by atoms with Gasteiger partial charge in [0.05, 0.1) is 6.42 Å². The van der Waals surface area contributed by atoms with Gasteiger partial charge < -0.3 is 25.8 Å². The maximum absolute atomic E-state index is 12.4. The molecule has 0 spiro atoms. The quantitative estimate of drug-likeness (QED) is 0.407. The van der Waals surface area contributed by atoms with E-state index in [9.17, 15) is 19.2 Å². The molecule has 1 atom stereocenters. The molecule has 1 aliphatic carbocycles. The number of amides is 3. The monoisotopic (exact) mass is 453 g/mol. The molecular weight excluding hydrogens is 426 g/mol. The van der Waals surface area contributed by atoms with Crippen LogP contribution in [0.3, 0.4) is 0 Å². The summed E-state index contributed by atoms with van der Waals surface area (Å²) in [7, 11) is 1.52. The summed E-state index contributed by atoms with van der Waals surface area (Å²) in [6, 6.07) is 14.5. The fraction of sp³-hybridized carbons (Fsp3) is 0.333. The summed E-state index contributed by atoms with van der Waals surface area (Å²) in [6.45, 7) is 0.224. The third-order valence-corrected chi connectivity index (χ3v) is 5.49. The lowest BCUT2D eigenvalue weighted by molar-refractivity contribution is -0.139. The maximum atomic E-state index is 12.4. The Morgan fingerprint density at radius 3 is 2.18 bits per heavy atom. The number of carbonyl (C=O) groups excluding carboxylic acids is 3. The van der Waals surface area contributed by atoms with Gasteiger partial charge in [0.15, 0.2) is 0 Å². The second kappa shape index (κ2) is 11.1. The Hall–Kier alpha value is -3.88. The third-order valence-electron chi connectivity index (χ3n) is 5.49. The van der Waals surface area contributed by atoms with Gasteiger partial charge >= 0.3 is 12.1 Å². The van der Waals surface area contributed by atoms with Crippen LogP contribution in [0.15, 0.2) is 48.5 Å². The third kappa shape index (κ3) is 6.09. The van der Waals surface area contributed by atoms with Crippen molar-refractivity contribution in [2.75, 3.05) is 20.2 Å². The van der Waals surface area contributed by atoms with Crippen molar-refractivity contribution in [2.45, 2.75) is 31.2 Å². The summed E-state index contributed by atoms with van der Waals surface area (Å²) in [5.41, 5.74) is 4.26. The Kier molecular flexibility index (Phi) is 8.01. The van der Waals surface area contributed by atoms with Crippen LogP contribution in [0.5, 0.6) is 0 Å². The molecule has 0 saturated heterocycles. The number of benzene rings is 2. The van der Waals surface area contributed by atoms with Crippen molar-refractivity contribution >= 4 is 23.9 Å². The second-order valence-electron chi connectivity index (χ2n) is 7.69. The van der Waals surface area contributed by atoms with Gasteiger partial charge in [0, 0.05) is 25.9 Å². The predicted molar refractivity (Wildman–Crippen MR) is 121 cm³/mol. The molecule has 0 bridgehead atoms. The zero-order chi connectivity index (χ0) is 23.8. The largest absolute Gasteiger partial charge is 0.481 e. The lowest BCUT2D eigenvalue weighted by Crippen LogP contribution is -2.48. The molecule has 1 unspecified atom stereocenters. The van der Waals surface area contributed by atoms with E-state index in [0.717, 1.165) is 22.3 Å². The highest BCUT2D eigenvalue weighted by molar-refractivity contribution is 5.89. The lowest BCUT2D eigenvalue weighted by atomic mass is 9.98. The number of fused-ring (bicyclic) bond motifs is 3. The van der Waals surface area contributed by atoms with Crippen molar-refractivity contribution < 1.29 is 29.0 Å². The van der Waals surface area contributed by atoms with Gasteiger partial charge in [0.1, 0.15) is 12.6 Å². The van der Waals surface area contributed by atoms with E-state index in [0.29, 0.717) is 6.42 Å². The van der Waals surface area contributed by atoms with E-state index >= 15 is 0 Å². The smallest absolute Gasteiger partial charge is 0.407 e. The molecule has 3 rings (SSSR count). The van der Waals surface area contributed by atoms with E-state index in [-0.39, 0.29) is 31.4 Å². The fourth-order valence-electron chi connectivity index (χ4n) is 3.87. The van der Waals surface area contributed by atoms with Gasteiger partial charge in [-0.25, -0.2) is 4.79 Å². The van der Waals surface area contributed by atoms with E-state index in [2.05, 4.69) is 16.0 Å². The highest BCUT2D eigenvalue weighted by Gasteiger charge is 2.30. The standard InChI is InChI=1S/C24H27N3O6/c1-25-21(28)11-6-12-26-23(31)20(13-22(29)30)27-24(32)33-14-19-17-9-4-2-7-15(17)16-8-3-5-10-18(16)19/h2-5,7-10,19-20H,6,11-14H2,1H3,(H,25,28)(H,26,31)(H,27,32)(H,29,30). The van der Waals surface area contributed by atoms with Crippen molar-refractivity contribution in [3.8, 4) is 11.1 Å². The minimum absolute atomic E-state index is 0.0490. The molecule has 0 fully saturated rings. The molecule has 174 valence electrons. The van der Waals surface area contributed by atoms with Crippen molar-refractivity contribution in [1.29, 1.82) is 0 Å². The number of nitrogens with one attached hydrogen (secondary N) is 3. The van der Waals surface area contributed by atoms with Gasteiger partial charge in [-0.3, -0.25) is 14.4 Å². The number of ether oxygens (including phenoxy) is 1. The average Bonchev–Trinajstić information content (AvgIpc) is 3.13. The van der Waals surface area contributed by atoms with E-state index in [4.69, 9.17) is 9.84 Å². The number of aliphatic carboxylic acids is 1. The fourth-order valence-corrected chi connectivity index (χ4v) is 3.87. The Balaban J connectivity index is 1.58. The maximum Gasteiger partial charge on any atom is 0.407 e. The van der Waals surface area contributed by atoms with Crippen molar-refractivity contribution in [1.82, 2.24) is 16.0 Å². The molecule has 2 aromatic rings. The average molecular weight is 453 g/mol. The Morgan fingerprint density at radius 1 is 1.00 bits per heavy atom. The number of carboxylic acid groups (broad SMARTS) is 1. The van der Waals surface area contributed by atoms with Gasteiger partial charge in [-0.05, 0) is 28.7 Å². The van der Waals surface area contributed by atoms with Crippen LogP contribution in [0.25, 0.3) is 11.1 Å². The van der Waals surface area contributed by atoms with Crippen LogP contribution in [0.4, 0.5) is 4.79 Å². The zero-order valence-electron chi connectivity index (χ0n) is 18.3. The highest BCUT2D eigenvalue weighted by atomic mass is 16.5. The Morgan fingerprint density at radius 2 is 1.61 bits per heavy atom. The van der Waals surface area contributed by atoms with Crippen LogP contribution < -0.4 is 16.0 Å². The van der Waals surface area contributed by atoms with Crippen LogP contribution in [0, 0.1) is 0 Å². The summed E-state index contributed by atoms with van der Waals surface area (Å²) < 4.78 is 5.40. The van der Waals surface area contributed by atoms with Crippen LogP contribution >= 0.6 is 0 Å². The van der Waals surface area contributed by atoms with E-state index in [1.807, 2.05) is 48.5 Å². The Bertz CT molecular complexity index is 993. The van der Waals surface area contributed by atoms with E-state index in [1.54, 1.807) is 0 Å². The first kappa shape index (κ1) is 23.8. The minimum Gasteiger partial charge on any atom is -0.481 e. The number of rotatable bonds is 10. The van der Waals surface area contributed by atoms with Gasteiger partial charge in [-0.2, -0.15) is 0 Å². The van der Waals surface area contributed by atoms with E-state index < -0.39 is 30.4 Å². The van der Waals surface area contributed by atoms with Crippen LogP contribution in [-0.4, -0.2) is 55.2 Å². The summed E-state index contributed by atoms with van der Waals surface area (Å²) >= 11 is 0. The number of alkyl carbamates (subject to hydrolysis) is 1. The van der Waals surface area contributed by atoms with Crippen molar-refractivity contribution in [3.63, 3.8) is 0 Å². The summed E-state index contributed by atoms with van der Waals surface area (Å²) in [4.78, 5) is 47.2. The molecule has 0 heterocycles. The predicted octanol–water partition coefficient (Wildman–Crippen LogP) is 2.01. The van der Waals surface area contributed by atoms with Crippen LogP contribution in [-0.2, 0) is 19.1 Å². The molecule has 2 aromatic carbocycles. The van der Waals surface area contributed by atoms with Gasteiger partial charge in [0.25, 0.3) is 0 Å². The number of carboxylic acids is 1. The lowest BCUT2D eigenvalue weighted by Gasteiger charge is -2.18. The second-order valence-corrected chi connectivity index (χ2v) is 7.69. The van der Waals surface area contributed by atoms with E-state index in [1.165, 1.54) is 7.05 Å². The number of carbonyl (C=O) groups is 4. The van der Waals surface area contributed by atoms with Gasteiger partial charge in [0.2, 0.25) is 11.8 Å². The first-order valence-corrected chi connectivity index (χ1v) is 10.7. The molecule has 4 N–H and O–H groups in total. The molecule has 3 amide bonds. The molecule has 0 radical (unpaired) electrons. The Labute approximate surface area is 191 Å². The minimum atomic E-state index is -1.29. The molecule has 9 nitrogen and oxygen atoms in total. The molecule has 1 aliphatic rings. The van der Waals surface area contributed by atoms with Gasteiger partial charge in [-0.1, -0.05) is 48.5 Å². The molecule has 9 heteroatoms. The molecule has 0 aliphatic heterocycles. The van der Waals surface area contributed by atoms with Crippen molar-refractivity contribution in [2.24, 2.45) is 0 Å². The summed E-state index contributed by atoms with van der Waals surface area (Å²) in [5.74, 6) is -2.20. The number of hydrogen-bond donors (Lipinski definition) is 4. The first-order chi connectivity index (χ1) is 15.9. The normalized spacial score (nSPS) is 12.8. The number of hydrogen-bond acceptors (Lipinski definition) is 5. The molecule has 33 heavy (non-hydrogen) atoms. The summed E-state index contributed by atoms with van der Waals surface area (Å²) in [6.07, 6.45) is -0.856. The highest BCUT2D eigenvalue weighted by Crippen LogP contribution is 2.44. The van der Waals surface area contributed by atoms with Crippen LogP contribution in [0.1, 0.15) is 36.3 Å². The topological polar surface area (TPSA) is 134 Å². The van der Waals surface area contributed by atoms with Crippen LogP contribution in [0.2, 0.25) is 0 Å².